The van der Waals surface area contributed by atoms with E-state index in [1.54, 1.807) is 43.1 Å². The molecule has 0 atom stereocenters. The fourth-order valence-electron chi connectivity index (χ4n) is 1.58. The van der Waals surface area contributed by atoms with Crippen LogP contribution in [0.5, 0.6) is 5.75 Å². The molecule has 2 amide bonds. The van der Waals surface area contributed by atoms with Gasteiger partial charge in [-0.2, -0.15) is 0 Å². The van der Waals surface area contributed by atoms with Gasteiger partial charge in [-0.05, 0) is 31.2 Å². The molecule has 0 saturated heterocycles. The number of anilines is 2. The Labute approximate surface area is 142 Å². The summed E-state index contributed by atoms with van der Waals surface area (Å²) in [6, 6.07) is 6.69. The number of amides is 2. The van der Waals surface area contributed by atoms with Gasteiger partial charge < -0.3 is 14.8 Å². The van der Waals surface area contributed by atoms with Gasteiger partial charge >= 0.3 is 6.03 Å². The smallest absolute Gasteiger partial charge is 0.325 e. The van der Waals surface area contributed by atoms with Gasteiger partial charge in [-0.1, -0.05) is 23.1 Å². The Kier molecular flexibility index (Phi) is 7.11. The molecule has 23 heavy (non-hydrogen) atoms. The fourth-order valence-corrected chi connectivity index (χ4v) is 3.25. The third-order valence-corrected chi connectivity index (χ3v) is 4.57. The first kappa shape index (κ1) is 17.5. The first-order valence-corrected chi connectivity index (χ1v) is 8.77. The van der Waals surface area contributed by atoms with Gasteiger partial charge in [-0.25, -0.2) is 4.79 Å². The van der Waals surface area contributed by atoms with Crippen LogP contribution in [0.15, 0.2) is 28.6 Å². The Morgan fingerprint density at radius 2 is 2.04 bits per heavy atom. The minimum Gasteiger partial charge on any atom is -0.497 e. The lowest BCUT2D eigenvalue weighted by Crippen LogP contribution is -2.19. The van der Waals surface area contributed by atoms with Gasteiger partial charge in [-0.15, -0.1) is 10.2 Å². The number of nitrogens with one attached hydrogen (secondary N) is 2. The Bertz CT molecular complexity index is 619. The number of thioether (sulfide) groups is 1. The highest BCUT2D eigenvalue weighted by molar-refractivity contribution is 8.01. The Morgan fingerprint density at radius 3 is 2.74 bits per heavy atom. The van der Waals surface area contributed by atoms with E-state index in [-0.39, 0.29) is 6.03 Å². The summed E-state index contributed by atoms with van der Waals surface area (Å²) in [7, 11) is 1.59. The minimum atomic E-state index is -0.364. The number of hydrogen-bond donors (Lipinski definition) is 2. The van der Waals surface area contributed by atoms with Crippen LogP contribution in [-0.4, -0.2) is 42.3 Å². The Morgan fingerprint density at radius 1 is 1.26 bits per heavy atom. The Balaban J connectivity index is 1.79. The van der Waals surface area contributed by atoms with Gasteiger partial charge in [0.25, 0.3) is 0 Å². The number of ether oxygens (including phenoxy) is 2. The number of methoxy groups -OCH3 is 1. The van der Waals surface area contributed by atoms with Crippen molar-refractivity contribution in [1.29, 1.82) is 0 Å². The predicted molar refractivity (Wildman–Crippen MR) is 92.8 cm³/mol. The summed E-state index contributed by atoms with van der Waals surface area (Å²) >= 11 is 2.88. The standard InChI is InChI=1S/C14H18N4O3S2/c1-3-21-8-9-22-14-18-17-13(23-14)16-12(19)15-10-4-6-11(20-2)7-5-10/h4-7H,3,8-9H2,1-2H3,(H2,15,16,17,19). The summed E-state index contributed by atoms with van der Waals surface area (Å²) in [5.41, 5.74) is 0.666. The highest BCUT2D eigenvalue weighted by Crippen LogP contribution is 2.25. The molecule has 0 fully saturated rings. The number of nitrogens with zero attached hydrogens (tertiary/aromatic N) is 2. The van der Waals surface area contributed by atoms with Crippen molar-refractivity contribution >= 4 is 39.9 Å². The average Bonchev–Trinajstić information content (AvgIpc) is 2.99. The van der Waals surface area contributed by atoms with E-state index in [2.05, 4.69) is 20.8 Å². The fraction of sp³-hybridized carbons (Fsp3) is 0.357. The highest BCUT2D eigenvalue weighted by atomic mass is 32.2. The average molecular weight is 354 g/mol. The molecule has 0 aliphatic carbocycles. The van der Waals surface area contributed by atoms with E-state index >= 15 is 0 Å². The molecular weight excluding hydrogens is 336 g/mol. The topological polar surface area (TPSA) is 85.4 Å². The van der Waals surface area contributed by atoms with Crippen LogP contribution < -0.4 is 15.4 Å². The van der Waals surface area contributed by atoms with Gasteiger partial charge in [0, 0.05) is 18.0 Å². The van der Waals surface area contributed by atoms with Crippen LogP contribution in [0, 0.1) is 0 Å². The molecule has 1 aromatic heterocycles. The number of hydrogen-bond acceptors (Lipinski definition) is 7. The zero-order valence-corrected chi connectivity index (χ0v) is 14.5. The zero-order chi connectivity index (χ0) is 16.5. The van der Waals surface area contributed by atoms with Gasteiger partial charge in [0.2, 0.25) is 5.13 Å². The lowest BCUT2D eigenvalue weighted by Gasteiger charge is -2.05. The van der Waals surface area contributed by atoms with E-state index in [0.29, 0.717) is 24.0 Å². The van der Waals surface area contributed by atoms with Gasteiger partial charge in [0.1, 0.15) is 5.75 Å². The maximum Gasteiger partial charge on any atom is 0.325 e. The van der Waals surface area contributed by atoms with Crippen LogP contribution in [0.25, 0.3) is 0 Å². The van der Waals surface area contributed by atoms with Crippen LogP contribution >= 0.6 is 23.1 Å². The first-order chi connectivity index (χ1) is 11.2. The van der Waals surface area contributed by atoms with E-state index in [1.165, 1.54) is 11.3 Å². The summed E-state index contributed by atoms with van der Waals surface area (Å²) in [5.74, 6) is 1.54. The largest absolute Gasteiger partial charge is 0.497 e. The lowest BCUT2D eigenvalue weighted by atomic mass is 10.3. The molecule has 124 valence electrons. The van der Waals surface area contributed by atoms with E-state index < -0.39 is 0 Å². The van der Waals surface area contributed by atoms with Crippen molar-refractivity contribution in [1.82, 2.24) is 10.2 Å². The number of rotatable bonds is 8. The summed E-state index contributed by atoms with van der Waals surface area (Å²) in [4.78, 5) is 11.9. The highest BCUT2D eigenvalue weighted by Gasteiger charge is 2.08. The van der Waals surface area contributed by atoms with E-state index in [0.717, 1.165) is 15.8 Å². The van der Waals surface area contributed by atoms with Crippen molar-refractivity contribution in [2.24, 2.45) is 0 Å². The number of aromatic nitrogens is 2. The van der Waals surface area contributed by atoms with Crippen molar-refractivity contribution in [3.05, 3.63) is 24.3 Å². The Hall–Kier alpha value is -1.84. The molecule has 2 rings (SSSR count). The molecule has 0 aliphatic heterocycles. The van der Waals surface area contributed by atoms with E-state index in [1.807, 2.05) is 6.92 Å². The monoisotopic (exact) mass is 354 g/mol. The van der Waals surface area contributed by atoms with Crippen LogP contribution in [0.2, 0.25) is 0 Å². The van der Waals surface area contributed by atoms with Gasteiger partial charge in [-0.3, -0.25) is 5.32 Å². The summed E-state index contributed by atoms with van der Waals surface area (Å²) in [6.45, 7) is 3.33. The second kappa shape index (κ2) is 9.33. The van der Waals surface area contributed by atoms with Crippen molar-refractivity contribution in [2.45, 2.75) is 11.3 Å². The number of benzene rings is 1. The molecule has 0 aliphatic rings. The third kappa shape index (κ3) is 6.05. The maximum atomic E-state index is 11.9. The van der Waals surface area contributed by atoms with Gasteiger partial charge in [0.15, 0.2) is 4.34 Å². The maximum absolute atomic E-state index is 11.9. The lowest BCUT2D eigenvalue weighted by molar-refractivity contribution is 0.164. The number of urea groups is 1. The summed E-state index contributed by atoms with van der Waals surface area (Å²) in [5, 5.41) is 13.8. The summed E-state index contributed by atoms with van der Waals surface area (Å²) < 4.78 is 11.1. The molecule has 7 nitrogen and oxygen atoms in total. The van der Waals surface area contributed by atoms with Crippen LogP contribution in [0.3, 0.4) is 0 Å². The molecule has 2 aromatic rings. The third-order valence-electron chi connectivity index (χ3n) is 2.63. The van der Waals surface area contributed by atoms with Crippen LogP contribution in [0.1, 0.15) is 6.92 Å². The molecule has 0 bridgehead atoms. The van der Waals surface area contributed by atoms with Crippen molar-refractivity contribution in [2.75, 3.05) is 36.7 Å². The van der Waals surface area contributed by atoms with Gasteiger partial charge in [0.05, 0.1) is 13.7 Å². The normalized spacial score (nSPS) is 10.3. The molecule has 2 N–H and O–H groups in total. The molecule has 1 heterocycles. The molecular formula is C14H18N4O3S2. The molecule has 0 unspecified atom stereocenters. The molecule has 0 saturated carbocycles. The molecule has 1 aromatic carbocycles. The second-order valence-corrected chi connectivity index (χ2v) is 6.55. The van der Waals surface area contributed by atoms with Crippen LogP contribution in [-0.2, 0) is 4.74 Å². The zero-order valence-electron chi connectivity index (χ0n) is 12.9. The predicted octanol–water partition coefficient (Wildman–Crippen LogP) is 3.32. The minimum absolute atomic E-state index is 0.364. The van der Waals surface area contributed by atoms with Crippen LogP contribution in [0.4, 0.5) is 15.6 Å². The number of carbonyl (C=O) groups excluding carboxylic acids is 1. The van der Waals surface area contributed by atoms with E-state index in [9.17, 15) is 4.79 Å². The second-order valence-electron chi connectivity index (χ2n) is 4.23. The number of carbonyl (C=O) groups is 1. The van der Waals surface area contributed by atoms with Crippen molar-refractivity contribution in [3.8, 4) is 5.75 Å². The molecule has 0 spiro atoms. The summed E-state index contributed by atoms with van der Waals surface area (Å²) in [6.07, 6.45) is 0. The van der Waals surface area contributed by atoms with E-state index in [4.69, 9.17) is 9.47 Å². The molecule has 0 radical (unpaired) electrons. The van der Waals surface area contributed by atoms with Crippen molar-refractivity contribution < 1.29 is 14.3 Å². The van der Waals surface area contributed by atoms with Crippen molar-refractivity contribution in [3.63, 3.8) is 0 Å². The quantitative estimate of drug-likeness (QED) is 0.430. The molecule has 9 heteroatoms. The first-order valence-electron chi connectivity index (χ1n) is 6.97. The SMILES string of the molecule is CCOCCSc1nnc(NC(=O)Nc2ccc(OC)cc2)s1.